The quantitative estimate of drug-likeness (QED) is 0.730. The van der Waals surface area contributed by atoms with Crippen LogP contribution < -0.4 is 4.74 Å². The SMILES string of the molecule is CN1CC(COc2ccc3ccc(-c4ccncc4)cc3c2)CC1=O. The average Bonchev–Trinajstić information content (AvgIpc) is 2.98. The molecule has 0 radical (unpaired) electrons. The zero-order chi connectivity index (χ0) is 17.2. The number of pyridine rings is 1. The zero-order valence-electron chi connectivity index (χ0n) is 14.2. The maximum absolute atomic E-state index is 11.6. The molecule has 0 bridgehead atoms. The van der Waals surface area contributed by atoms with Gasteiger partial charge in [-0.15, -0.1) is 0 Å². The van der Waals surface area contributed by atoms with Crippen LogP contribution in [0, 0.1) is 5.92 Å². The van der Waals surface area contributed by atoms with E-state index < -0.39 is 0 Å². The van der Waals surface area contributed by atoms with E-state index in [9.17, 15) is 4.79 Å². The Labute approximate surface area is 147 Å². The topological polar surface area (TPSA) is 42.4 Å². The van der Waals surface area contributed by atoms with E-state index in [1.807, 2.05) is 25.2 Å². The molecular formula is C21H20N2O2. The smallest absolute Gasteiger partial charge is 0.222 e. The zero-order valence-corrected chi connectivity index (χ0v) is 14.2. The van der Waals surface area contributed by atoms with E-state index >= 15 is 0 Å². The van der Waals surface area contributed by atoms with Crippen LogP contribution in [0.4, 0.5) is 0 Å². The standard InChI is InChI=1S/C21H20N2O2/c1-23-13-15(10-21(23)24)14-25-20-5-4-16-2-3-18(11-19(16)12-20)17-6-8-22-9-7-17/h2-9,11-12,15H,10,13-14H2,1H3. The van der Waals surface area contributed by atoms with Crippen molar-refractivity contribution in [1.29, 1.82) is 0 Å². The van der Waals surface area contributed by atoms with Crippen LogP contribution in [0.3, 0.4) is 0 Å². The number of hydrogen-bond donors (Lipinski definition) is 0. The van der Waals surface area contributed by atoms with Crippen LogP contribution in [-0.4, -0.2) is 36.0 Å². The Morgan fingerprint density at radius 2 is 1.84 bits per heavy atom. The minimum Gasteiger partial charge on any atom is -0.493 e. The molecule has 1 unspecified atom stereocenters. The third kappa shape index (κ3) is 3.33. The number of hydrogen-bond acceptors (Lipinski definition) is 3. The Kier molecular flexibility index (Phi) is 4.10. The fraction of sp³-hybridized carbons (Fsp3) is 0.238. The lowest BCUT2D eigenvalue weighted by Gasteiger charge is -2.12. The van der Waals surface area contributed by atoms with Crippen molar-refractivity contribution in [2.24, 2.45) is 5.92 Å². The van der Waals surface area contributed by atoms with Gasteiger partial charge in [-0.25, -0.2) is 0 Å². The van der Waals surface area contributed by atoms with Crippen LogP contribution in [0.1, 0.15) is 6.42 Å². The molecule has 0 N–H and O–H groups in total. The van der Waals surface area contributed by atoms with E-state index in [1.165, 1.54) is 5.39 Å². The number of carbonyl (C=O) groups excluding carboxylic acids is 1. The highest BCUT2D eigenvalue weighted by molar-refractivity contribution is 5.88. The third-order valence-corrected chi connectivity index (χ3v) is 4.73. The highest BCUT2D eigenvalue weighted by Crippen LogP contribution is 2.27. The Morgan fingerprint density at radius 3 is 2.60 bits per heavy atom. The first kappa shape index (κ1) is 15.6. The first-order valence-corrected chi connectivity index (χ1v) is 8.50. The minimum absolute atomic E-state index is 0.203. The Bertz CT molecular complexity index is 908. The summed E-state index contributed by atoms with van der Waals surface area (Å²) in [4.78, 5) is 17.5. The molecule has 1 amide bonds. The van der Waals surface area contributed by atoms with E-state index in [4.69, 9.17) is 4.74 Å². The van der Waals surface area contributed by atoms with Gasteiger partial charge in [0.15, 0.2) is 0 Å². The molecule has 1 aromatic heterocycles. The van der Waals surface area contributed by atoms with Crippen LogP contribution in [0.15, 0.2) is 60.9 Å². The molecule has 0 spiro atoms. The Hall–Kier alpha value is -2.88. The van der Waals surface area contributed by atoms with Gasteiger partial charge in [0.25, 0.3) is 0 Å². The van der Waals surface area contributed by atoms with Crippen molar-refractivity contribution >= 4 is 16.7 Å². The molecule has 4 nitrogen and oxygen atoms in total. The highest BCUT2D eigenvalue weighted by atomic mass is 16.5. The second-order valence-electron chi connectivity index (χ2n) is 6.62. The maximum Gasteiger partial charge on any atom is 0.222 e. The molecular weight excluding hydrogens is 312 g/mol. The van der Waals surface area contributed by atoms with Crippen LogP contribution in [0.2, 0.25) is 0 Å². The van der Waals surface area contributed by atoms with Crippen molar-refractivity contribution in [2.45, 2.75) is 6.42 Å². The van der Waals surface area contributed by atoms with Gasteiger partial charge in [-0.3, -0.25) is 9.78 Å². The number of aromatic nitrogens is 1. The molecule has 0 saturated carbocycles. The monoisotopic (exact) mass is 332 g/mol. The van der Waals surface area contributed by atoms with E-state index in [0.717, 1.165) is 28.8 Å². The van der Waals surface area contributed by atoms with Gasteiger partial charge < -0.3 is 9.64 Å². The van der Waals surface area contributed by atoms with E-state index in [2.05, 4.69) is 35.3 Å². The summed E-state index contributed by atoms with van der Waals surface area (Å²) in [7, 11) is 1.85. The lowest BCUT2D eigenvalue weighted by molar-refractivity contribution is -0.126. The lowest BCUT2D eigenvalue weighted by atomic mass is 10.0. The summed E-state index contributed by atoms with van der Waals surface area (Å²) in [6.45, 7) is 1.35. The molecule has 1 atom stereocenters. The Morgan fingerprint density at radius 1 is 1.04 bits per heavy atom. The van der Waals surface area contributed by atoms with E-state index in [-0.39, 0.29) is 11.8 Å². The summed E-state index contributed by atoms with van der Waals surface area (Å²) in [6.07, 6.45) is 4.19. The molecule has 25 heavy (non-hydrogen) atoms. The molecule has 2 heterocycles. The van der Waals surface area contributed by atoms with Crippen molar-refractivity contribution in [3.8, 4) is 16.9 Å². The van der Waals surface area contributed by atoms with Gasteiger partial charge in [-0.05, 0) is 52.2 Å². The minimum atomic E-state index is 0.203. The van der Waals surface area contributed by atoms with E-state index in [1.54, 1.807) is 17.3 Å². The van der Waals surface area contributed by atoms with Crippen molar-refractivity contribution in [3.63, 3.8) is 0 Å². The van der Waals surface area contributed by atoms with Gasteiger partial charge in [-0.2, -0.15) is 0 Å². The number of amides is 1. The van der Waals surface area contributed by atoms with Gasteiger partial charge in [0.1, 0.15) is 5.75 Å². The summed E-state index contributed by atoms with van der Waals surface area (Å²) in [6, 6.07) is 16.6. The molecule has 1 aliphatic heterocycles. The first-order valence-electron chi connectivity index (χ1n) is 8.50. The van der Waals surface area contributed by atoms with Gasteiger partial charge >= 0.3 is 0 Å². The van der Waals surface area contributed by atoms with Crippen LogP contribution >= 0.6 is 0 Å². The summed E-state index contributed by atoms with van der Waals surface area (Å²) < 4.78 is 5.95. The summed E-state index contributed by atoms with van der Waals surface area (Å²) in [5, 5.41) is 2.33. The van der Waals surface area contributed by atoms with Gasteiger partial charge in [-0.1, -0.05) is 18.2 Å². The molecule has 1 fully saturated rings. The normalized spacial score (nSPS) is 17.2. The number of nitrogens with zero attached hydrogens (tertiary/aromatic N) is 2. The number of carbonyl (C=O) groups is 1. The van der Waals surface area contributed by atoms with E-state index in [0.29, 0.717) is 13.0 Å². The van der Waals surface area contributed by atoms with Crippen molar-refractivity contribution in [2.75, 3.05) is 20.2 Å². The average molecular weight is 332 g/mol. The van der Waals surface area contributed by atoms with Crippen molar-refractivity contribution < 1.29 is 9.53 Å². The summed E-state index contributed by atoms with van der Waals surface area (Å²) in [5.41, 5.74) is 2.31. The highest BCUT2D eigenvalue weighted by Gasteiger charge is 2.27. The molecule has 2 aromatic carbocycles. The fourth-order valence-corrected chi connectivity index (χ4v) is 3.32. The molecule has 126 valence electrons. The molecule has 4 heteroatoms. The van der Waals surface area contributed by atoms with Crippen LogP contribution in [-0.2, 0) is 4.79 Å². The number of rotatable bonds is 4. The number of fused-ring (bicyclic) bond motifs is 1. The first-order chi connectivity index (χ1) is 12.2. The molecule has 1 saturated heterocycles. The molecule has 1 aliphatic rings. The Balaban J connectivity index is 1.54. The number of likely N-dealkylation sites (tertiary alicyclic amines) is 1. The maximum atomic E-state index is 11.6. The predicted octanol–water partition coefficient (Wildman–Crippen LogP) is 3.76. The van der Waals surface area contributed by atoms with Gasteiger partial charge in [0, 0.05) is 38.3 Å². The third-order valence-electron chi connectivity index (χ3n) is 4.73. The summed E-state index contributed by atoms with van der Waals surface area (Å²) in [5.74, 6) is 1.33. The van der Waals surface area contributed by atoms with Gasteiger partial charge in [0.05, 0.1) is 6.61 Å². The van der Waals surface area contributed by atoms with Gasteiger partial charge in [0.2, 0.25) is 5.91 Å². The molecule has 0 aliphatic carbocycles. The van der Waals surface area contributed by atoms with Crippen molar-refractivity contribution in [1.82, 2.24) is 9.88 Å². The largest absolute Gasteiger partial charge is 0.493 e. The number of benzene rings is 2. The second-order valence-corrected chi connectivity index (χ2v) is 6.62. The van der Waals surface area contributed by atoms with Crippen LogP contribution in [0.5, 0.6) is 5.75 Å². The second kappa shape index (κ2) is 6.55. The summed E-state index contributed by atoms with van der Waals surface area (Å²) >= 11 is 0. The molecule has 4 rings (SSSR count). The predicted molar refractivity (Wildman–Crippen MR) is 98.4 cm³/mol. The number of ether oxygens (including phenoxy) is 1. The van der Waals surface area contributed by atoms with Crippen LogP contribution in [0.25, 0.3) is 21.9 Å². The molecule has 3 aromatic rings. The lowest BCUT2D eigenvalue weighted by Crippen LogP contribution is -2.20. The fourth-order valence-electron chi connectivity index (χ4n) is 3.32. The van der Waals surface area contributed by atoms with Crippen molar-refractivity contribution in [3.05, 3.63) is 60.9 Å².